The summed E-state index contributed by atoms with van der Waals surface area (Å²) in [6, 6.07) is -9.08. The lowest BCUT2D eigenvalue weighted by molar-refractivity contribution is -0.145. The van der Waals surface area contributed by atoms with Crippen molar-refractivity contribution >= 4 is 59.9 Å². The van der Waals surface area contributed by atoms with Gasteiger partial charge in [-0.3, -0.25) is 33.6 Å². The first-order valence-electron chi connectivity index (χ1n) is 22.2. The fourth-order valence-electron chi connectivity index (χ4n) is 7.29. The van der Waals surface area contributed by atoms with Gasteiger partial charge in [0.1, 0.15) is 42.3 Å². The number of nitrogens with one attached hydrogen (secondary N) is 8. The highest BCUT2D eigenvalue weighted by molar-refractivity contribution is 7.80. The first-order chi connectivity index (χ1) is 30.8. The maximum Gasteiger partial charge on any atom is 0.326 e. The van der Waals surface area contributed by atoms with Crippen molar-refractivity contribution in [2.45, 2.75) is 141 Å². The van der Waals surface area contributed by atoms with Crippen molar-refractivity contribution in [1.29, 1.82) is 0 Å². The summed E-state index contributed by atoms with van der Waals surface area (Å²) >= 11 is 4.31. The quantitative estimate of drug-likeness (QED) is 0.0365. The Morgan fingerprint density at radius 3 is 1.82 bits per heavy atom. The van der Waals surface area contributed by atoms with Crippen LogP contribution in [0.15, 0.2) is 25.0 Å². The highest BCUT2D eigenvalue weighted by Gasteiger charge is 2.41. The smallest absolute Gasteiger partial charge is 0.326 e. The number of hydrogen-bond donors (Lipinski definition) is 12. The van der Waals surface area contributed by atoms with Crippen molar-refractivity contribution in [1.82, 2.24) is 56.7 Å². The van der Waals surface area contributed by atoms with Gasteiger partial charge in [0.2, 0.25) is 41.4 Å². The van der Waals surface area contributed by atoms with Crippen molar-refractivity contribution in [2.75, 3.05) is 18.8 Å². The molecule has 0 bridgehead atoms. The predicted octanol–water partition coefficient (Wildman–Crippen LogP) is -1.35. The standard InChI is InChI=1S/C42H69N13O9S/c1-7-24(6)34(41(62)55-14-10-12-31(55)38(59)49-28(42(63)64)11-8-9-13-43)54-36(57)29(16-26-18-46-21-48-26)50-37(58)30(19-65)51-39(60)32(22(2)3)53-40(61)33(23(4)5)52-35(56)27(44)15-25-17-45-20-47-25/h17-18,20-24,27-34,65H,7-16,19,43-44H2,1-6H3,(H,45,47)(H,46,48)(H,49,59)(H,50,58)(H,51,60)(H,52,56)(H,53,61)(H,54,57)(H,63,64)/t24-,27-,28-,29-,30-,31-,32-,33-,34-/m0/s1. The number of aromatic amines is 2. The molecule has 0 spiro atoms. The Kier molecular flexibility index (Phi) is 21.9. The molecule has 2 aromatic heterocycles. The molecule has 0 aliphatic carbocycles. The van der Waals surface area contributed by atoms with Gasteiger partial charge in [-0.15, -0.1) is 0 Å². The fourth-order valence-corrected chi connectivity index (χ4v) is 7.55. The molecule has 1 fully saturated rings. The number of hydrogen-bond acceptors (Lipinski definition) is 13. The van der Waals surface area contributed by atoms with E-state index in [-0.39, 0.29) is 31.6 Å². The average Bonchev–Trinajstić information content (AvgIpc) is 4.08. The van der Waals surface area contributed by atoms with Gasteiger partial charge in [0.05, 0.1) is 18.7 Å². The second-order valence-electron chi connectivity index (χ2n) is 17.2. The van der Waals surface area contributed by atoms with Gasteiger partial charge in [-0.1, -0.05) is 48.0 Å². The minimum atomic E-state index is -1.31. The van der Waals surface area contributed by atoms with E-state index < -0.39 is 113 Å². The minimum Gasteiger partial charge on any atom is -0.480 e. The summed E-state index contributed by atoms with van der Waals surface area (Å²) in [6.45, 7) is 11.0. The van der Waals surface area contributed by atoms with Gasteiger partial charge < -0.3 is 63.3 Å². The van der Waals surface area contributed by atoms with Gasteiger partial charge in [0.25, 0.3) is 0 Å². The SMILES string of the molecule is CC[C@H](C)[C@H](NC(=O)[C@H](Cc1cnc[nH]1)NC(=O)[C@H](CS)NC(=O)[C@@H](NC(=O)[C@@H](NC(=O)[C@@H](N)Cc1cnc[nH]1)C(C)C)C(C)C)C(=O)N1CCC[C@H]1C(=O)N[C@@H](CCCCN)C(=O)O. The number of carbonyl (C=O) groups excluding carboxylic acids is 7. The zero-order valence-electron chi connectivity index (χ0n) is 38.1. The Balaban J connectivity index is 1.76. The van der Waals surface area contributed by atoms with Crippen LogP contribution in [0, 0.1) is 17.8 Å². The maximum absolute atomic E-state index is 14.3. The van der Waals surface area contributed by atoms with E-state index in [1.807, 2.05) is 6.92 Å². The van der Waals surface area contributed by atoms with Crippen LogP contribution in [0.5, 0.6) is 0 Å². The molecule has 9 atom stereocenters. The number of H-pyrrole nitrogens is 2. The molecular weight excluding hydrogens is 863 g/mol. The third kappa shape index (κ3) is 16.1. The van der Waals surface area contributed by atoms with Crippen LogP contribution in [0.3, 0.4) is 0 Å². The number of likely N-dealkylation sites (tertiary alicyclic amines) is 1. The van der Waals surface area contributed by atoms with Crippen LogP contribution in [0.25, 0.3) is 0 Å². The molecule has 0 aromatic carbocycles. The van der Waals surface area contributed by atoms with Crippen molar-refractivity contribution in [3.63, 3.8) is 0 Å². The number of carboxylic acids is 1. The zero-order chi connectivity index (χ0) is 48.4. The first-order valence-corrected chi connectivity index (χ1v) is 22.8. The van der Waals surface area contributed by atoms with Gasteiger partial charge in [-0.2, -0.15) is 12.6 Å². The molecule has 1 saturated heterocycles. The monoisotopic (exact) mass is 932 g/mol. The van der Waals surface area contributed by atoms with Crippen LogP contribution in [-0.2, 0) is 51.2 Å². The van der Waals surface area contributed by atoms with Crippen LogP contribution >= 0.6 is 12.6 Å². The van der Waals surface area contributed by atoms with E-state index in [2.05, 4.69) is 64.5 Å². The van der Waals surface area contributed by atoms with E-state index >= 15 is 0 Å². The number of carboxylic acid groups (broad SMARTS) is 1. The lowest BCUT2D eigenvalue weighted by Gasteiger charge is -2.33. The van der Waals surface area contributed by atoms with E-state index in [9.17, 15) is 43.5 Å². The summed E-state index contributed by atoms with van der Waals surface area (Å²) in [4.78, 5) is 123. The number of nitrogens with two attached hydrogens (primary N) is 2. The zero-order valence-corrected chi connectivity index (χ0v) is 39.0. The third-order valence-electron chi connectivity index (χ3n) is 11.4. The van der Waals surface area contributed by atoms with Gasteiger partial charge in [-0.25, -0.2) is 14.8 Å². The largest absolute Gasteiger partial charge is 0.480 e. The van der Waals surface area contributed by atoms with Gasteiger partial charge in [0, 0.05) is 48.9 Å². The molecule has 3 heterocycles. The molecule has 22 nitrogen and oxygen atoms in total. The summed E-state index contributed by atoms with van der Waals surface area (Å²) in [7, 11) is 0. The summed E-state index contributed by atoms with van der Waals surface area (Å²) in [5.41, 5.74) is 12.8. The molecule has 23 heteroatoms. The number of aliphatic carboxylic acids is 1. The molecule has 1 aliphatic rings. The van der Waals surface area contributed by atoms with E-state index in [4.69, 9.17) is 11.5 Å². The number of unbranched alkanes of at least 4 members (excludes halogenated alkanes) is 1. The van der Waals surface area contributed by atoms with E-state index in [0.717, 1.165) is 0 Å². The second-order valence-corrected chi connectivity index (χ2v) is 17.5. The predicted molar refractivity (Wildman–Crippen MR) is 242 cm³/mol. The maximum atomic E-state index is 14.3. The molecule has 0 radical (unpaired) electrons. The fraction of sp³-hybridized carbons (Fsp3) is 0.667. The lowest BCUT2D eigenvalue weighted by Crippen LogP contribution is -2.62. The van der Waals surface area contributed by atoms with Crippen molar-refractivity contribution in [3.05, 3.63) is 36.4 Å². The molecule has 7 amide bonds. The number of aromatic nitrogens is 4. The van der Waals surface area contributed by atoms with Gasteiger partial charge in [-0.05, 0) is 56.4 Å². The lowest BCUT2D eigenvalue weighted by atomic mass is 9.96. The van der Waals surface area contributed by atoms with Crippen molar-refractivity contribution in [2.24, 2.45) is 29.2 Å². The average molecular weight is 932 g/mol. The summed E-state index contributed by atoms with van der Waals surface area (Å²) in [6.07, 6.45) is 8.37. The molecule has 65 heavy (non-hydrogen) atoms. The molecular formula is C42H69N13O9S. The van der Waals surface area contributed by atoms with Crippen LogP contribution in [0.4, 0.5) is 0 Å². The second kappa shape index (κ2) is 26.4. The van der Waals surface area contributed by atoms with Crippen LogP contribution in [0.1, 0.15) is 91.5 Å². The Hall–Kier alpha value is -5.55. The van der Waals surface area contributed by atoms with Gasteiger partial charge in [0.15, 0.2) is 0 Å². The molecule has 0 saturated carbocycles. The Bertz CT molecular complexity index is 1880. The molecule has 13 N–H and O–H groups in total. The number of imidazole rings is 2. The molecule has 2 aromatic rings. The molecule has 1 aliphatic heterocycles. The van der Waals surface area contributed by atoms with E-state index in [1.165, 1.54) is 29.9 Å². The third-order valence-corrected chi connectivity index (χ3v) is 11.8. The Morgan fingerprint density at radius 2 is 1.29 bits per heavy atom. The number of carbonyl (C=O) groups is 8. The topological polar surface area (TPSA) is 342 Å². The Morgan fingerprint density at radius 1 is 0.754 bits per heavy atom. The molecule has 0 unspecified atom stereocenters. The summed E-state index contributed by atoms with van der Waals surface area (Å²) in [5.74, 6) is -7.35. The summed E-state index contributed by atoms with van der Waals surface area (Å²) in [5, 5.41) is 25.8. The van der Waals surface area contributed by atoms with Crippen LogP contribution in [-0.4, -0.2) is 144 Å². The number of rotatable bonds is 27. The number of amides is 7. The van der Waals surface area contributed by atoms with E-state index in [0.29, 0.717) is 50.0 Å². The highest BCUT2D eigenvalue weighted by atomic mass is 32.1. The number of nitrogens with zero attached hydrogens (tertiary/aromatic N) is 3. The highest BCUT2D eigenvalue weighted by Crippen LogP contribution is 2.22. The number of thiol groups is 1. The van der Waals surface area contributed by atoms with Crippen LogP contribution < -0.4 is 43.4 Å². The summed E-state index contributed by atoms with van der Waals surface area (Å²) < 4.78 is 0. The normalized spacial score (nSPS) is 17.5. The Labute approximate surface area is 384 Å². The minimum absolute atomic E-state index is 0.0970. The van der Waals surface area contributed by atoms with Crippen LogP contribution in [0.2, 0.25) is 0 Å². The van der Waals surface area contributed by atoms with Crippen molar-refractivity contribution in [3.8, 4) is 0 Å². The van der Waals surface area contributed by atoms with Crippen molar-refractivity contribution < 1.29 is 43.5 Å². The first kappa shape index (κ1) is 53.8. The van der Waals surface area contributed by atoms with E-state index in [1.54, 1.807) is 34.6 Å². The van der Waals surface area contributed by atoms with Gasteiger partial charge >= 0.3 is 5.97 Å². The molecule has 3 rings (SSSR count). The molecule has 362 valence electrons.